The van der Waals surface area contributed by atoms with E-state index in [2.05, 4.69) is 22.9 Å². The Balaban J connectivity index is 2.08. The Morgan fingerprint density at radius 3 is 2.94 bits per heavy atom. The van der Waals surface area contributed by atoms with Gasteiger partial charge in [0.2, 0.25) is 0 Å². The monoisotopic (exact) mass is 286 g/mol. The third-order valence-electron chi connectivity index (χ3n) is 3.12. The lowest BCUT2D eigenvalue weighted by atomic mass is 9.90. The molecule has 2 N–H and O–H groups in total. The highest BCUT2D eigenvalue weighted by Crippen LogP contribution is 2.29. The predicted octanol–water partition coefficient (Wildman–Crippen LogP) is 1.85. The van der Waals surface area contributed by atoms with Crippen LogP contribution in [-0.4, -0.2) is 30.4 Å². The molecule has 0 spiro atoms. The van der Waals surface area contributed by atoms with Gasteiger partial charge < -0.3 is 15.1 Å². The molecule has 0 aliphatic carbocycles. The zero-order chi connectivity index (χ0) is 11.8. The number of hydrogen-bond donors (Lipinski definition) is 1. The molecule has 1 atom stereocenters. The van der Waals surface area contributed by atoms with Crippen LogP contribution in [0.1, 0.15) is 23.9 Å². The Morgan fingerprint density at radius 1 is 1.69 bits per heavy atom. The lowest BCUT2D eigenvalue weighted by Crippen LogP contribution is -2.34. The van der Waals surface area contributed by atoms with Crippen molar-refractivity contribution in [1.29, 1.82) is 0 Å². The van der Waals surface area contributed by atoms with E-state index in [1.807, 2.05) is 0 Å². The number of furan rings is 1. The number of carbonyl (C=O) groups excluding carboxylic acids is 1. The molecule has 0 bridgehead atoms. The molecule has 2 heterocycles. The van der Waals surface area contributed by atoms with Crippen LogP contribution in [0.5, 0.6) is 0 Å². The maximum Gasteiger partial charge on any atom is 0.289 e. The van der Waals surface area contributed by atoms with Gasteiger partial charge in [-0.3, -0.25) is 4.79 Å². The Kier molecular flexibility index (Phi) is 3.08. The Labute approximate surface area is 103 Å². The fourth-order valence-corrected chi connectivity index (χ4v) is 2.26. The van der Waals surface area contributed by atoms with Gasteiger partial charge in [0.1, 0.15) is 0 Å². The number of nitrogens with two attached hydrogens (primary N) is 1. The molecule has 1 aliphatic rings. The summed E-state index contributed by atoms with van der Waals surface area (Å²) in [5.74, 6) is 0.330. The Hall–Kier alpha value is -0.810. The number of halogens is 1. The van der Waals surface area contributed by atoms with Crippen molar-refractivity contribution < 1.29 is 9.21 Å². The van der Waals surface area contributed by atoms with E-state index in [9.17, 15) is 4.79 Å². The standard InChI is InChI=1S/C11H15BrN2O2/c1-11(6-13)4-5-14(7-11)10(15)8-2-3-9(12)16-8/h2-3H,4-7,13H2,1H3. The summed E-state index contributed by atoms with van der Waals surface area (Å²) in [6, 6.07) is 3.41. The van der Waals surface area contributed by atoms with Gasteiger partial charge in [0.15, 0.2) is 10.4 Å². The molecule has 1 aromatic heterocycles. The summed E-state index contributed by atoms with van der Waals surface area (Å²) in [6.45, 7) is 4.18. The molecule has 1 fully saturated rings. The molecule has 1 aliphatic heterocycles. The van der Waals surface area contributed by atoms with Crippen molar-refractivity contribution in [2.24, 2.45) is 11.1 Å². The first kappa shape index (κ1) is 11.7. The maximum atomic E-state index is 12.0. The quantitative estimate of drug-likeness (QED) is 0.903. The van der Waals surface area contributed by atoms with Crippen LogP contribution in [-0.2, 0) is 0 Å². The van der Waals surface area contributed by atoms with E-state index in [0.717, 1.165) is 13.0 Å². The Bertz CT molecular complexity index is 404. The van der Waals surface area contributed by atoms with E-state index in [4.69, 9.17) is 10.2 Å². The van der Waals surface area contributed by atoms with Crippen LogP contribution in [0, 0.1) is 5.41 Å². The summed E-state index contributed by atoms with van der Waals surface area (Å²) in [5, 5.41) is 0. The van der Waals surface area contributed by atoms with Gasteiger partial charge in [0, 0.05) is 13.1 Å². The zero-order valence-corrected chi connectivity index (χ0v) is 10.8. The molecule has 1 unspecified atom stereocenters. The van der Waals surface area contributed by atoms with Gasteiger partial charge >= 0.3 is 0 Å². The van der Waals surface area contributed by atoms with Crippen molar-refractivity contribution in [3.8, 4) is 0 Å². The highest BCUT2D eigenvalue weighted by Gasteiger charge is 2.35. The van der Waals surface area contributed by atoms with E-state index in [-0.39, 0.29) is 11.3 Å². The highest BCUT2D eigenvalue weighted by atomic mass is 79.9. The Morgan fingerprint density at radius 2 is 2.44 bits per heavy atom. The average molecular weight is 287 g/mol. The molecule has 1 saturated heterocycles. The minimum absolute atomic E-state index is 0.0529. The van der Waals surface area contributed by atoms with Crippen molar-refractivity contribution in [2.75, 3.05) is 19.6 Å². The van der Waals surface area contributed by atoms with Gasteiger partial charge in [-0.1, -0.05) is 6.92 Å². The topological polar surface area (TPSA) is 59.5 Å². The van der Waals surface area contributed by atoms with Crippen LogP contribution in [0.3, 0.4) is 0 Å². The average Bonchev–Trinajstić information content (AvgIpc) is 2.85. The van der Waals surface area contributed by atoms with Gasteiger partial charge in [0.05, 0.1) is 0 Å². The molecule has 1 amide bonds. The van der Waals surface area contributed by atoms with Crippen molar-refractivity contribution >= 4 is 21.8 Å². The molecular weight excluding hydrogens is 272 g/mol. The summed E-state index contributed by atoms with van der Waals surface area (Å²) < 4.78 is 5.83. The minimum atomic E-state index is -0.0529. The SMILES string of the molecule is CC1(CN)CCN(C(=O)c2ccc(Br)o2)C1. The number of likely N-dealkylation sites (tertiary alicyclic amines) is 1. The van der Waals surface area contributed by atoms with E-state index >= 15 is 0 Å². The van der Waals surface area contributed by atoms with Crippen molar-refractivity contribution in [3.63, 3.8) is 0 Å². The van der Waals surface area contributed by atoms with E-state index < -0.39 is 0 Å². The smallest absolute Gasteiger partial charge is 0.289 e. The minimum Gasteiger partial charge on any atom is -0.444 e. The molecule has 0 saturated carbocycles. The molecular formula is C11H15BrN2O2. The molecule has 0 radical (unpaired) electrons. The van der Waals surface area contributed by atoms with Crippen molar-refractivity contribution in [3.05, 3.63) is 22.6 Å². The first-order chi connectivity index (χ1) is 7.54. The van der Waals surface area contributed by atoms with Crippen LogP contribution in [0.2, 0.25) is 0 Å². The summed E-state index contributed by atoms with van der Waals surface area (Å²) in [7, 11) is 0. The van der Waals surface area contributed by atoms with Gasteiger partial charge in [-0.2, -0.15) is 0 Å². The molecule has 2 rings (SSSR count). The summed E-state index contributed by atoms with van der Waals surface area (Å²) >= 11 is 3.19. The summed E-state index contributed by atoms with van der Waals surface area (Å²) in [4.78, 5) is 13.8. The van der Waals surface area contributed by atoms with Crippen LogP contribution < -0.4 is 5.73 Å². The van der Waals surface area contributed by atoms with Crippen molar-refractivity contribution in [1.82, 2.24) is 4.90 Å². The third-order valence-corrected chi connectivity index (χ3v) is 3.55. The summed E-state index contributed by atoms with van der Waals surface area (Å²) in [6.07, 6.45) is 0.955. The number of rotatable bonds is 2. The predicted molar refractivity (Wildman–Crippen MR) is 64.1 cm³/mol. The lowest BCUT2D eigenvalue weighted by Gasteiger charge is -2.21. The number of nitrogens with zero attached hydrogens (tertiary/aromatic N) is 1. The first-order valence-corrected chi connectivity index (χ1v) is 6.08. The lowest BCUT2D eigenvalue weighted by molar-refractivity contribution is 0.0744. The third kappa shape index (κ3) is 2.15. The largest absolute Gasteiger partial charge is 0.444 e. The van der Waals surface area contributed by atoms with Crippen LogP contribution in [0.25, 0.3) is 0 Å². The fraction of sp³-hybridized carbons (Fsp3) is 0.545. The van der Waals surface area contributed by atoms with Gasteiger partial charge in [-0.25, -0.2) is 0 Å². The number of hydrogen-bond acceptors (Lipinski definition) is 3. The normalized spacial score (nSPS) is 25.1. The molecule has 4 nitrogen and oxygen atoms in total. The first-order valence-electron chi connectivity index (χ1n) is 5.29. The molecule has 1 aromatic rings. The van der Waals surface area contributed by atoms with Gasteiger partial charge in [0.25, 0.3) is 5.91 Å². The van der Waals surface area contributed by atoms with E-state index in [0.29, 0.717) is 23.5 Å². The number of amides is 1. The second-order valence-electron chi connectivity index (χ2n) is 4.60. The van der Waals surface area contributed by atoms with E-state index in [1.165, 1.54) is 0 Å². The summed E-state index contributed by atoms with van der Waals surface area (Å²) in [5.41, 5.74) is 5.76. The molecule has 0 aromatic carbocycles. The van der Waals surface area contributed by atoms with E-state index in [1.54, 1.807) is 17.0 Å². The molecule has 88 valence electrons. The fourth-order valence-electron chi connectivity index (χ4n) is 1.95. The molecule has 5 heteroatoms. The zero-order valence-electron chi connectivity index (χ0n) is 9.20. The number of carbonyl (C=O) groups is 1. The van der Waals surface area contributed by atoms with Gasteiger partial charge in [-0.05, 0) is 46.4 Å². The van der Waals surface area contributed by atoms with Crippen LogP contribution in [0.15, 0.2) is 21.2 Å². The highest BCUT2D eigenvalue weighted by molar-refractivity contribution is 9.10. The van der Waals surface area contributed by atoms with Gasteiger partial charge in [-0.15, -0.1) is 0 Å². The van der Waals surface area contributed by atoms with Crippen molar-refractivity contribution in [2.45, 2.75) is 13.3 Å². The van der Waals surface area contributed by atoms with Crippen LogP contribution in [0.4, 0.5) is 0 Å². The van der Waals surface area contributed by atoms with Crippen LogP contribution >= 0.6 is 15.9 Å². The maximum absolute atomic E-state index is 12.0. The second kappa shape index (κ2) is 4.22. The second-order valence-corrected chi connectivity index (χ2v) is 5.38. The molecule has 16 heavy (non-hydrogen) atoms.